The maximum Gasteiger partial charge on any atom is 0.185 e. The molecule has 0 unspecified atom stereocenters. The predicted molar refractivity (Wildman–Crippen MR) is 104 cm³/mol. The fourth-order valence-electron chi connectivity index (χ4n) is 3.51. The molecule has 2 aromatic carbocycles. The van der Waals surface area contributed by atoms with E-state index in [1.54, 1.807) is 6.07 Å². The summed E-state index contributed by atoms with van der Waals surface area (Å²) in [7, 11) is 0. The summed E-state index contributed by atoms with van der Waals surface area (Å²) in [6.45, 7) is 3.29. The van der Waals surface area contributed by atoms with Gasteiger partial charge in [-0.25, -0.2) is 9.37 Å². The number of nitrogens with zero attached hydrogens (tertiary/aromatic N) is 4. The standard InChI is InChI=1S/C22H17FN4O/c1-2-9-27-20(13-28)26-21(15-3-4-17(12-24)18(23)11-15)22(27)16-5-6-19-14(10-16)7-8-25-19/h3-7,10-11,13H,2,8-9H2,1H3. The van der Waals surface area contributed by atoms with Crippen LogP contribution in [-0.2, 0) is 6.54 Å². The van der Waals surface area contributed by atoms with E-state index in [4.69, 9.17) is 5.26 Å². The predicted octanol–water partition coefficient (Wildman–Crippen LogP) is 2.86. The summed E-state index contributed by atoms with van der Waals surface area (Å²) in [5.74, 6) is -0.310. The molecule has 3 aromatic rings. The van der Waals surface area contributed by atoms with Crippen molar-refractivity contribution in [3.05, 3.63) is 64.2 Å². The lowest BCUT2D eigenvalue weighted by atomic mass is 10.0. The fourth-order valence-corrected chi connectivity index (χ4v) is 3.51. The molecule has 1 aromatic heterocycles. The van der Waals surface area contributed by atoms with Crippen molar-refractivity contribution >= 4 is 12.4 Å². The van der Waals surface area contributed by atoms with Crippen LogP contribution < -0.4 is 10.6 Å². The van der Waals surface area contributed by atoms with Crippen LogP contribution in [0.5, 0.6) is 0 Å². The van der Waals surface area contributed by atoms with Crippen LogP contribution in [0.1, 0.15) is 29.5 Å². The molecule has 0 bridgehead atoms. The first-order valence-corrected chi connectivity index (χ1v) is 9.07. The van der Waals surface area contributed by atoms with Gasteiger partial charge in [0, 0.05) is 17.7 Å². The molecule has 0 radical (unpaired) electrons. The normalized spacial score (nSPS) is 12.0. The average molecular weight is 372 g/mol. The lowest BCUT2D eigenvalue weighted by Crippen LogP contribution is -2.21. The molecular weight excluding hydrogens is 355 g/mol. The van der Waals surface area contributed by atoms with Crippen LogP contribution in [0.15, 0.2) is 41.4 Å². The van der Waals surface area contributed by atoms with E-state index >= 15 is 0 Å². The second-order valence-electron chi connectivity index (χ2n) is 6.56. The number of nitriles is 1. The number of carbonyl (C=O) groups excluding carboxylic acids is 1. The van der Waals surface area contributed by atoms with E-state index < -0.39 is 5.82 Å². The highest BCUT2D eigenvalue weighted by Crippen LogP contribution is 2.33. The van der Waals surface area contributed by atoms with E-state index in [1.807, 2.05) is 41.8 Å². The van der Waals surface area contributed by atoms with E-state index in [2.05, 4.69) is 9.98 Å². The summed E-state index contributed by atoms with van der Waals surface area (Å²) in [4.78, 5) is 20.6. The number of aldehydes is 1. The molecule has 28 heavy (non-hydrogen) atoms. The van der Waals surface area contributed by atoms with Gasteiger partial charge in [-0.1, -0.05) is 25.1 Å². The Hall–Kier alpha value is -3.59. The number of carbonyl (C=O) groups is 1. The zero-order chi connectivity index (χ0) is 19.7. The zero-order valence-corrected chi connectivity index (χ0v) is 15.3. The summed E-state index contributed by atoms with van der Waals surface area (Å²) in [5.41, 5.74) is 2.67. The van der Waals surface area contributed by atoms with Crippen LogP contribution in [0.3, 0.4) is 0 Å². The third-order valence-corrected chi connectivity index (χ3v) is 4.79. The number of halogens is 1. The Balaban J connectivity index is 1.99. The molecule has 6 heteroatoms. The first-order chi connectivity index (χ1) is 13.7. The largest absolute Gasteiger partial charge is 0.321 e. The first kappa shape index (κ1) is 17.8. The highest BCUT2D eigenvalue weighted by molar-refractivity contribution is 5.84. The lowest BCUT2D eigenvalue weighted by Gasteiger charge is -2.11. The Morgan fingerprint density at radius 2 is 2.07 bits per heavy atom. The number of aromatic nitrogens is 2. The molecule has 2 heterocycles. The third kappa shape index (κ3) is 2.91. The van der Waals surface area contributed by atoms with Crippen LogP contribution in [-0.4, -0.2) is 22.4 Å². The Morgan fingerprint density at radius 3 is 2.79 bits per heavy atom. The molecule has 4 rings (SSSR count). The number of fused-ring (bicyclic) bond motifs is 1. The molecule has 0 N–H and O–H groups in total. The van der Waals surface area contributed by atoms with Gasteiger partial charge < -0.3 is 4.57 Å². The van der Waals surface area contributed by atoms with Gasteiger partial charge in [0.2, 0.25) is 0 Å². The molecule has 0 aliphatic carbocycles. The van der Waals surface area contributed by atoms with E-state index in [0.717, 1.165) is 34.5 Å². The number of rotatable bonds is 5. The lowest BCUT2D eigenvalue weighted by molar-refractivity contribution is 0.111. The van der Waals surface area contributed by atoms with Crippen LogP contribution in [0.25, 0.3) is 28.6 Å². The molecule has 0 amide bonds. The molecule has 138 valence electrons. The summed E-state index contributed by atoms with van der Waals surface area (Å²) in [5, 5.41) is 11.0. The fraction of sp³-hybridized carbons (Fsp3) is 0.182. The second kappa shape index (κ2) is 7.20. The number of imidazole rings is 1. The van der Waals surface area contributed by atoms with Crippen molar-refractivity contribution in [3.63, 3.8) is 0 Å². The SMILES string of the molecule is CCCn1c(C=O)nc(-c2ccc(C#N)c(F)c2)c1-c1ccc2c(c1)=CCN=2. The molecule has 0 saturated carbocycles. The summed E-state index contributed by atoms with van der Waals surface area (Å²) >= 11 is 0. The van der Waals surface area contributed by atoms with Gasteiger partial charge in [0.15, 0.2) is 12.1 Å². The molecule has 1 aliphatic heterocycles. The molecule has 5 nitrogen and oxygen atoms in total. The van der Waals surface area contributed by atoms with Gasteiger partial charge in [-0.05, 0) is 35.9 Å². The van der Waals surface area contributed by atoms with E-state index in [1.165, 1.54) is 12.1 Å². The smallest absolute Gasteiger partial charge is 0.185 e. The molecule has 1 aliphatic rings. The highest BCUT2D eigenvalue weighted by atomic mass is 19.1. The van der Waals surface area contributed by atoms with Gasteiger partial charge in [-0.15, -0.1) is 0 Å². The minimum atomic E-state index is -0.607. The minimum absolute atomic E-state index is 0.0253. The van der Waals surface area contributed by atoms with Gasteiger partial charge in [-0.3, -0.25) is 9.79 Å². The topological polar surface area (TPSA) is 71.0 Å². The van der Waals surface area contributed by atoms with Crippen molar-refractivity contribution in [3.8, 4) is 28.6 Å². The van der Waals surface area contributed by atoms with Crippen molar-refractivity contribution < 1.29 is 9.18 Å². The van der Waals surface area contributed by atoms with Gasteiger partial charge in [0.1, 0.15) is 11.9 Å². The van der Waals surface area contributed by atoms with Crippen LogP contribution in [0, 0.1) is 17.1 Å². The molecule has 0 spiro atoms. The van der Waals surface area contributed by atoms with E-state index in [-0.39, 0.29) is 5.56 Å². The third-order valence-electron chi connectivity index (χ3n) is 4.79. The van der Waals surface area contributed by atoms with Crippen molar-refractivity contribution in [1.29, 1.82) is 5.26 Å². The van der Waals surface area contributed by atoms with Gasteiger partial charge in [-0.2, -0.15) is 5.26 Å². The van der Waals surface area contributed by atoms with E-state index in [9.17, 15) is 9.18 Å². The second-order valence-corrected chi connectivity index (χ2v) is 6.56. The van der Waals surface area contributed by atoms with Crippen molar-refractivity contribution in [2.75, 3.05) is 6.54 Å². The van der Waals surface area contributed by atoms with Crippen LogP contribution >= 0.6 is 0 Å². The minimum Gasteiger partial charge on any atom is -0.321 e. The maximum absolute atomic E-state index is 14.2. The van der Waals surface area contributed by atoms with Crippen LogP contribution in [0.4, 0.5) is 4.39 Å². The van der Waals surface area contributed by atoms with Crippen molar-refractivity contribution in [2.45, 2.75) is 19.9 Å². The van der Waals surface area contributed by atoms with Crippen LogP contribution in [0.2, 0.25) is 0 Å². The molecule has 0 saturated heterocycles. The van der Waals surface area contributed by atoms with Gasteiger partial charge in [0.05, 0.1) is 28.9 Å². The Bertz CT molecular complexity index is 1250. The van der Waals surface area contributed by atoms with E-state index in [0.29, 0.717) is 30.2 Å². The van der Waals surface area contributed by atoms with Gasteiger partial charge in [0.25, 0.3) is 0 Å². The number of hydrogen-bond donors (Lipinski definition) is 0. The van der Waals surface area contributed by atoms with Crippen molar-refractivity contribution in [2.24, 2.45) is 4.99 Å². The Labute approximate surface area is 161 Å². The zero-order valence-electron chi connectivity index (χ0n) is 15.3. The number of hydrogen-bond acceptors (Lipinski definition) is 4. The van der Waals surface area contributed by atoms with Crippen molar-refractivity contribution in [1.82, 2.24) is 9.55 Å². The Kier molecular flexibility index (Phi) is 4.58. The highest BCUT2D eigenvalue weighted by Gasteiger charge is 2.20. The molecule has 0 fully saturated rings. The van der Waals surface area contributed by atoms with Gasteiger partial charge >= 0.3 is 0 Å². The monoisotopic (exact) mass is 372 g/mol. The maximum atomic E-state index is 14.2. The Morgan fingerprint density at radius 1 is 1.25 bits per heavy atom. The molecule has 0 atom stereocenters. The summed E-state index contributed by atoms with van der Waals surface area (Å²) in [6.07, 6.45) is 3.58. The first-order valence-electron chi connectivity index (χ1n) is 9.07. The summed E-state index contributed by atoms with van der Waals surface area (Å²) < 4.78 is 16.1. The number of benzene rings is 2. The molecular formula is C22H17FN4O. The summed E-state index contributed by atoms with van der Waals surface area (Å²) in [6, 6.07) is 12.1. The average Bonchev–Trinajstić information content (AvgIpc) is 3.32. The quantitative estimate of drug-likeness (QED) is 0.647.